The third-order valence-corrected chi connectivity index (χ3v) is 8.88. The number of pyridine rings is 1. The Balaban J connectivity index is 1.37. The first kappa shape index (κ1) is 26.4. The van der Waals surface area contributed by atoms with Crippen molar-refractivity contribution in [1.82, 2.24) is 14.9 Å². The lowest BCUT2D eigenvalue weighted by atomic mass is 9.93. The Morgan fingerprint density at radius 3 is 2.38 bits per heavy atom. The third kappa shape index (κ3) is 5.32. The van der Waals surface area contributed by atoms with Gasteiger partial charge in [-0.1, -0.05) is 41.9 Å². The van der Waals surface area contributed by atoms with Crippen LogP contribution in [0.2, 0.25) is 5.02 Å². The van der Waals surface area contributed by atoms with Gasteiger partial charge < -0.3 is 14.9 Å². The molecule has 6 nitrogen and oxygen atoms in total. The summed E-state index contributed by atoms with van der Waals surface area (Å²) in [5.41, 5.74) is 7.58. The van der Waals surface area contributed by atoms with Gasteiger partial charge in [0.05, 0.1) is 16.6 Å². The molecule has 1 saturated heterocycles. The van der Waals surface area contributed by atoms with Gasteiger partial charge in [-0.25, -0.2) is 9.97 Å². The summed E-state index contributed by atoms with van der Waals surface area (Å²) in [6.45, 7) is 6.02. The molecule has 0 aliphatic carbocycles. The first-order chi connectivity index (χ1) is 19.4. The summed E-state index contributed by atoms with van der Waals surface area (Å²) in [6, 6.07) is 22.2. The van der Waals surface area contributed by atoms with Gasteiger partial charge in [-0.3, -0.25) is 4.79 Å². The molecule has 8 heteroatoms. The van der Waals surface area contributed by atoms with Crippen molar-refractivity contribution >= 4 is 44.9 Å². The van der Waals surface area contributed by atoms with Gasteiger partial charge in [-0.05, 0) is 72.6 Å². The quantitative estimate of drug-likeness (QED) is 0.237. The molecule has 5 aromatic rings. The van der Waals surface area contributed by atoms with Gasteiger partial charge in [0.15, 0.2) is 0 Å². The molecular formula is C32H29ClN4O2S. The van der Waals surface area contributed by atoms with Gasteiger partial charge in [-0.15, -0.1) is 11.3 Å². The summed E-state index contributed by atoms with van der Waals surface area (Å²) >= 11 is 7.75. The van der Waals surface area contributed by atoms with E-state index < -0.39 is 5.97 Å². The molecular weight excluding hydrogens is 540 g/mol. The number of anilines is 1. The van der Waals surface area contributed by atoms with E-state index in [4.69, 9.17) is 21.6 Å². The molecule has 3 heterocycles. The maximum Gasteiger partial charge on any atom is 0.307 e. The number of aryl methyl sites for hydroxylation is 1. The van der Waals surface area contributed by atoms with E-state index in [0.29, 0.717) is 5.02 Å². The summed E-state index contributed by atoms with van der Waals surface area (Å²) in [5, 5.41) is 11.2. The zero-order valence-corrected chi connectivity index (χ0v) is 24.0. The van der Waals surface area contributed by atoms with Gasteiger partial charge in [0.25, 0.3) is 0 Å². The molecule has 202 valence electrons. The lowest BCUT2D eigenvalue weighted by Crippen LogP contribution is -2.44. The Hall–Kier alpha value is -3.78. The third-order valence-electron chi connectivity index (χ3n) is 7.49. The number of nitrogens with zero attached hydrogens (tertiary/aromatic N) is 4. The molecule has 0 atom stereocenters. The van der Waals surface area contributed by atoms with Gasteiger partial charge in [0.1, 0.15) is 10.8 Å². The summed E-state index contributed by atoms with van der Waals surface area (Å²) in [7, 11) is 2.15. The van der Waals surface area contributed by atoms with Crippen LogP contribution in [0.3, 0.4) is 0 Å². The number of carboxylic acid groups (broad SMARTS) is 1. The first-order valence-electron chi connectivity index (χ1n) is 13.3. The number of halogens is 1. The van der Waals surface area contributed by atoms with E-state index in [1.165, 1.54) is 0 Å². The highest BCUT2D eigenvalue weighted by atomic mass is 35.5. The number of aliphatic carboxylic acids is 1. The van der Waals surface area contributed by atoms with Gasteiger partial charge in [-0.2, -0.15) is 0 Å². The zero-order valence-electron chi connectivity index (χ0n) is 22.4. The van der Waals surface area contributed by atoms with Crippen LogP contribution in [0.4, 0.5) is 5.82 Å². The van der Waals surface area contributed by atoms with Crippen molar-refractivity contribution in [2.75, 3.05) is 38.1 Å². The second kappa shape index (κ2) is 11.0. The van der Waals surface area contributed by atoms with Crippen LogP contribution in [-0.2, 0) is 11.2 Å². The maximum absolute atomic E-state index is 11.8. The summed E-state index contributed by atoms with van der Waals surface area (Å²) < 4.78 is 0.975. The molecule has 1 aliphatic heterocycles. The van der Waals surface area contributed by atoms with E-state index in [2.05, 4.69) is 47.2 Å². The number of hydrogen-bond acceptors (Lipinski definition) is 6. The summed E-state index contributed by atoms with van der Waals surface area (Å²) in [5.74, 6) is 0.156. The number of piperazine rings is 1. The van der Waals surface area contributed by atoms with Crippen LogP contribution in [0.25, 0.3) is 43.0 Å². The number of rotatable bonds is 6. The maximum atomic E-state index is 11.8. The molecule has 40 heavy (non-hydrogen) atoms. The second-order valence-corrected chi connectivity index (χ2v) is 11.7. The molecule has 1 N–H and O–H groups in total. The van der Waals surface area contributed by atoms with Gasteiger partial charge in [0, 0.05) is 54.1 Å². The Labute approximate surface area is 242 Å². The number of aromatic nitrogens is 2. The molecule has 1 fully saturated rings. The SMILES string of the molecule is Cc1cc2nc(-c3cccc(-c4ccc(N5CCN(C)CC5)nc4)c3)sc2c(-c2ccc(Cl)cc2)c1CC(=O)O. The smallest absolute Gasteiger partial charge is 0.307 e. The zero-order chi connectivity index (χ0) is 27.8. The Kier molecular flexibility index (Phi) is 7.27. The minimum absolute atomic E-state index is 0.0560. The van der Waals surface area contributed by atoms with Crippen molar-refractivity contribution in [2.45, 2.75) is 13.3 Å². The van der Waals surface area contributed by atoms with Crippen LogP contribution < -0.4 is 4.90 Å². The Morgan fingerprint density at radius 2 is 1.68 bits per heavy atom. The summed E-state index contributed by atoms with van der Waals surface area (Å²) in [6.07, 6.45) is 1.89. The van der Waals surface area contributed by atoms with Crippen molar-refractivity contribution in [3.05, 3.63) is 89.1 Å². The van der Waals surface area contributed by atoms with Crippen LogP contribution in [0, 0.1) is 6.92 Å². The predicted molar refractivity (Wildman–Crippen MR) is 165 cm³/mol. The lowest BCUT2D eigenvalue weighted by molar-refractivity contribution is -0.136. The highest BCUT2D eigenvalue weighted by Crippen LogP contribution is 2.41. The number of thiazole rings is 1. The standard InChI is InChI=1S/C32H29ClN4O2S/c1-20-16-27-31(30(26(20)18-29(38)39)21-6-9-25(33)10-7-21)40-32(35-27)23-5-3-4-22(17-23)24-8-11-28(34-19-24)37-14-12-36(2)13-15-37/h3-11,16-17,19H,12-15,18H2,1-2H3,(H,38,39). The van der Waals surface area contributed by atoms with Crippen molar-refractivity contribution in [2.24, 2.45) is 0 Å². The van der Waals surface area contributed by atoms with Crippen molar-refractivity contribution in [3.63, 3.8) is 0 Å². The average Bonchev–Trinajstić information content (AvgIpc) is 3.38. The van der Waals surface area contributed by atoms with E-state index in [9.17, 15) is 9.90 Å². The van der Waals surface area contributed by atoms with E-state index in [1.807, 2.05) is 49.5 Å². The molecule has 0 unspecified atom stereocenters. The van der Waals surface area contributed by atoms with E-state index in [0.717, 1.165) is 86.2 Å². The minimum Gasteiger partial charge on any atom is -0.481 e. The number of fused-ring (bicyclic) bond motifs is 1. The molecule has 2 aromatic heterocycles. The number of carboxylic acids is 1. The highest BCUT2D eigenvalue weighted by Gasteiger charge is 2.20. The van der Waals surface area contributed by atoms with Gasteiger partial charge in [0.2, 0.25) is 0 Å². The monoisotopic (exact) mass is 568 g/mol. The molecule has 0 radical (unpaired) electrons. The van der Waals surface area contributed by atoms with Crippen LogP contribution in [0.15, 0.2) is 72.9 Å². The molecule has 6 rings (SSSR count). The van der Waals surface area contributed by atoms with Crippen molar-refractivity contribution in [3.8, 4) is 32.8 Å². The van der Waals surface area contributed by atoms with E-state index >= 15 is 0 Å². The van der Waals surface area contributed by atoms with Crippen molar-refractivity contribution in [1.29, 1.82) is 0 Å². The Bertz CT molecular complexity index is 1690. The predicted octanol–water partition coefficient (Wildman–Crippen LogP) is 7.03. The highest BCUT2D eigenvalue weighted by molar-refractivity contribution is 7.22. The minimum atomic E-state index is -0.859. The average molecular weight is 569 g/mol. The van der Waals surface area contributed by atoms with Crippen molar-refractivity contribution < 1.29 is 9.90 Å². The lowest BCUT2D eigenvalue weighted by Gasteiger charge is -2.33. The number of carbonyl (C=O) groups is 1. The van der Waals surface area contributed by atoms with Crippen LogP contribution >= 0.6 is 22.9 Å². The first-order valence-corrected chi connectivity index (χ1v) is 14.5. The summed E-state index contributed by atoms with van der Waals surface area (Å²) in [4.78, 5) is 26.2. The molecule has 0 spiro atoms. The molecule has 1 aliphatic rings. The molecule has 3 aromatic carbocycles. The van der Waals surface area contributed by atoms with Crippen LogP contribution in [0.1, 0.15) is 11.1 Å². The normalized spacial score (nSPS) is 14.1. The molecule has 0 bridgehead atoms. The second-order valence-electron chi connectivity index (χ2n) is 10.3. The molecule has 0 saturated carbocycles. The topological polar surface area (TPSA) is 69.6 Å². The van der Waals surface area contributed by atoms with Crippen LogP contribution in [-0.4, -0.2) is 59.2 Å². The fourth-order valence-corrected chi connectivity index (χ4v) is 6.53. The Morgan fingerprint density at radius 1 is 0.950 bits per heavy atom. The van der Waals surface area contributed by atoms with Gasteiger partial charge >= 0.3 is 5.97 Å². The number of benzene rings is 3. The fraction of sp³-hybridized carbons (Fsp3) is 0.219. The number of likely N-dealkylation sites (N-methyl/N-ethyl adjacent to an activating group) is 1. The van der Waals surface area contributed by atoms with Crippen LogP contribution in [0.5, 0.6) is 0 Å². The molecule has 0 amide bonds. The number of hydrogen-bond donors (Lipinski definition) is 1. The largest absolute Gasteiger partial charge is 0.481 e. The van der Waals surface area contributed by atoms with E-state index in [-0.39, 0.29) is 6.42 Å². The van der Waals surface area contributed by atoms with E-state index in [1.54, 1.807) is 11.3 Å². The fourth-order valence-electron chi connectivity index (χ4n) is 5.27.